The first-order chi connectivity index (χ1) is 14.5. The highest BCUT2D eigenvalue weighted by Gasteiger charge is 2.15. The molecule has 3 heterocycles. The van der Waals surface area contributed by atoms with Gasteiger partial charge in [0.1, 0.15) is 16.5 Å². The van der Waals surface area contributed by atoms with Crippen molar-refractivity contribution in [2.24, 2.45) is 0 Å². The second-order valence-electron chi connectivity index (χ2n) is 6.16. The quantitative estimate of drug-likeness (QED) is 0.284. The Morgan fingerprint density at radius 1 is 1.27 bits per heavy atom. The maximum absolute atomic E-state index is 12.6. The van der Waals surface area contributed by atoms with Crippen LogP contribution in [0.3, 0.4) is 0 Å². The number of thiazole rings is 2. The van der Waals surface area contributed by atoms with Crippen molar-refractivity contribution in [3.8, 4) is 10.6 Å². The van der Waals surface area contributed by atoms with Crippen LogP contribution in [0.5, 0.6) is 0 Å². The molecule has 3 aromatic heterocycles. The molecule has 1 amide bonds. The van der Waals surface area contributed by atoms with Crippen LogP contribution in [0.4, 0.5) is 5.13 Å². The van der Waals surface area contributed by atoms with E-state index in [2.05, 4.69) is 32.1 Å². The molecule has 0 aliphatic carbocycles. The number of aromatic nitrogens is 5. The lowest BCUT2D eigenvalue weighted by Gasteiger charge is -2.01. The number of benzene rings is 1. The Hall–Kier alpha value is -2.66. The van der Waals surface area contributed by atoms with Gasteiger partial charge in [-0.15, -0.1) is 29.3 Å². The van der Waals surface area contributed by atoms with Crippen LogP contribution in [0.1, 0.15) is 22.0 Å². The lowest BCUT2D eigenvalue weighted by molar-refractivity contribution is 0.102. The SMILES string of the molecule is C=CCn1c(Cc2csc(NC(=O)c3csc(-c4ccc(Cl)cc4)n3)n2)n[nH]c1=S. The summed E-state index contributed by atoms with van der Waals surface area (Å²) in [6.45, 7) is 4.30. The third kappa shape index (κ3) is 4.57. The first-order valence-electron chi connectivity index (χ1n) is 8.75. The number of allylic oxidation sites excluding steroid dienone is 1. The Balaban J connectivity index is 1.44. The average Bonchev–Trinajstić information content (AvgIpc) is 3.46. The Bertz CT molecular complexity index is 1250. The van der Waals surface area contributed by atoms with E-state index in [4.69, 9.17) is 23.8 Å². The smallest absolute Gasteiger partial charge is 0.276 e. The number of nitrogens with one attached hydrogen (secondary N) is 2. The summed E-state index contributed by atoms with van der Waals surface area (Å²) in [5, 5.41) is 15.3. The summed E-state index contributed by atoms with van der Waals surface area (Å²) in [6, 6.07) is 7.33. The topological polar surface area (TPSA) is 88.5 Å². The van der Waals surface area contributed by atoms with Crippen molar-refractivity contribution < 1.29 is 4.79 Å². The van der Waals surface area contributed by atoms with Gasteiger partial charge in [-0.3, -0.25) is 19.8 Å². The fourth-order valence-electron chi connectivity index (χ4n) is 2.67. The van der Waals surface area contributed by atoms with Crippen LogP contribution in [-0.4, -0.2) is 30.6 Å². The van der Waals surface area contributed by atoms with Crippen molar-refractivity contribution >= 4 is 57.5 Å². The molecule has 7 nitrogen and oxygen atoms in total. The van der Waals surface area contributed by atoms with Gasteiger partial charge >= 0.3 is 0 Å². The molecule has 0 bridgehead atoms. The number of halogens is 1. The van der Waals surface area contributed by atoms with Gasteiger partial charge in [0, 0.05) is 27.9 Å². The zero-order valence-corrected chi connectivity index (χ0v) is 18.7. The molecule has 0 aliphatic heterocycles. The lowest BCUT2D eigenvalue weighted by atomic mass is 10.2. The largest absolute Gasteiger partial charge is 0.300 e. The van der Waals surface area contributed by atoms with Crippen molar-refractivity contribution in [1.82, 2.24) is 24.7 Å². The summed E-state index contributed by atoms with van der Waals surface area (Å²) in [4.78, 5) is 21.4. The summed E-state index contributed by atoms with van der Waals surface area (Å²) in [5.74, 6) is 0.455. The highest BCUT2D eigenvalue weighted by Crippen LogP contribution is 2.26. The van der Waals surface area contributed by atoms with Crippen LogP contribution in [0.25, 0.3) is 10.6 Å². The van der Waals surface area contributed by atoms with E-state index in [1.54, 1.807) is 23.6 Å². The zero-order valence-electron chi connectivity index (χ0n) is 15.5. The van der Waals surface area contributed by atoms with E-state index in [0.717, 1.165) is 22.1 Å². The molecule has 0 radical (unpaired) electrons. The third-order valence-corrected chi connectivity index (χ3v) is 6.35. The molecule has 0 spiro atoms. The highest BCUT2D eigenvalue weighted by atomic mass is 35.5. The van der Waals surface area contributed by atoms with Gasteiger partial charge in [0.15, 0.2) is 9.90 Å². The predicted molar refractivity (Wildman–Crippen MR) is 123 cm³/mol. The summed E-state index contributed by atoms with van der Waals surface area (Å²) in [5.41, 5.74) is 2.04. The number of nitrogens with zero attached hydrogens (tertiary/aromatic N) is 4. The molecule has 0 aliphatic rings. The first kappa shape index (κ1) is 20.6. The van der Waals surface area contributed by atoms with Crippen molar-refractivity contribution in [3.05, 3.63) is 74.7 Å². The lowest BCUT2D eigenvalue weighted by Crippen LogP contribution is -2.12. The minimum absolute atomic E-state index is 0.304. The average molecular weight is 475 g/mol. The van der Waals surface area contributed by atoms with Crippen LogP contribution >= 0.6 is 46.5 Å². The van der Waals surface area contributed by atoms with E-state index >= 15 is 0 Å². The summed E-state index contributed by atoms with van der Waals surface area (Å²) in [7, 11) is 0. The number of H-pyrrole nitrogens is 1. The van der Waals surface area contributed by atoms with E-state index < -0.39 is 0 Å². The standard InChI is InChI=1S/C19H15ClN6OS3/c1-2-7-26-15(24-25-19(26)28)8-13-9-30-18(21-13)23-16(27)14-10-29-17(22-14)11-3-5-12(20)6-4-11/h2-6,9-10H,1,7-8H2,(H,25,28)(H,21,23,27). The monoisotopic (exact) mass is 474 g/mol. The minimum atomic E-state index is -0.304. The number of hydrogen-bond donors (Lipinski definition) is 2. The van der Waals surface area contributed by atoms with Gasteiger partial charge in [0.25, 0.3) is 5.91 Å². The highest BCUT2D eigenvalue weighted by molar-refractivity contribution is 7.71. The molecule has 4 aromatic rings. The summed E-state index contributed by atoms with van der Waals surface area (Å²) >= 11 is 13.9. The fraction of sp³-hybridized carbons (Fsp3) is 0.105. The predicted octanol–water partition coefficient (Wildman–Crippen LogP) is 5.20. The minimum Gasteiger partial charge on any atom is -0.300 e. The van der Waals surface area contributed by atoms with Gasteiger partial charge < -0.3 is 0 Å². The van der Waals surface area contributed by atoms with Crippen LogP contribution in [0, 0.1) is 4.77 Å². The molecule has 0 saturated carbocycles. The van der Waals surface area contributed by atoms with Gasteiger partial charge in [-0.1, -0.05) is 29.8 Å². The summed E-state index contributed by atoms with van der Waals surface area (Å²) in [6.07, 6.45) is 2.25. The van der Waals surface area contributed by atoms with E-state index in [1.807, 2.05) is 22.1 Å². The number of amides is 1. The van der Waals surface area contributed by atoms with Gasteiger partial charge in [-0.25, -0.2) is 9.97 Å². The molecule has 152 valence electrons. The molecule has 2 N–H and O–H groups in total. The van der Waals surface area contributed by atoms with E-state index in [9.17, 15) is 4.79 Å². The maximum atomic E-state index is 12.6. The molecule has 4 rings (SSSR count). The second-order valence-corrected chi connectivity index (χ2v) is 8.70. The fourth-order valence-corrected chi connectivity index (χ4v) is 4.54. The molecule has 0 saturated heterocycles. The van der Waals surface area contributed by atoms with Gasteiger partial charge in [-0.2, -0.15) is 5.10 Å². The molecule has 11 heteroatoms. The number of anilines is 1. The molecular formula is C19H15ClN6OS3. The maximum Gasteiger partial charge on any atom is 0.276 e. The van der Waals surface area contributed by atoms with Crippen molar-refractivity contribution in [2.75, 3.05) is 5.32 Å². The van der Waals surface area contributed by atoms with Crippen LogP contribution < -0.4 is 5.32 Å². The zero-order chi connectivity index (χ0) is 21.1. The third-order valence-electron chi connectivity index (χ3n) is 4.09. The second kappa shape index (κ2) is 9.00. The Kier molecular flexibility index (Phi) is 6.18. The molecule has 0 unspecified atom stereocenters. The Labute approximate surface area is 190 Å². The van der Waals surface area contributed by atoms with Crippen LogP contribution in [0.15, 0.2) is 47.7 Å². The number of rotatable bonds is 7. The Morgan fingerprint density at radius 3 is 2.83 bits per heavy atom. The molecule has 0 fully saturated rings. The Morgan fingerprint density at radius 2 is 2.07 bits per heavy atom. The van der Waals surface area contributed by atoms with Crippen molar-refractivity contribution in [2.45, 2.75) is 13.0 Å². The van der Waals surface area contributed by atoms with Gasteiger partial charge in [-0.05, 0) is 24.4 Å². The molecular weight excluding hydrogens is 460 g/mol. The van der Waals surface area contributed by atoms with E-state index in [1.165, 1.54) is 22.7 Å². The van der Waals surface area contributed by atoms with Crippen molar-refractivity contribution in [3.63, 3.8) is 0 Å². The number of aromatic amines is 1. The van der Waals surface area contributed by atoms with Gasteiger partial charge in [0.2, 0.25) is 0 Å². The number of carbonyl (C=O) groups is 1. The van der Waals surface area contributed by atoms with Crippen LogP contribution in [-0.2, 0) is 13.0 Å². The van der Waals surface area contributed by atoms with E-state index in [-0.39, 0.29) is 5.91 Å². The van der Waals surface area contributed by atoms with Crippen molar-refractivity contribution in [1.29, 1.82) is 0 Å². The number of carbonyl (C=O) groups excluding carboxylic acids is 1. The summed E-state index contributed by atoms with van der Waals surface area (Å²) < 4.78 is 2.39. The van der Waals surface area contributed by atoms with Gasteiger partial charge in [0.05, 0.1) is 12.1 Å². The number of hydrogen-bond acceptors (Lipinski definition) is 7. The van der Waals surface area contributed by atoms with Crippen LogP contribution in [0.2, 0.25) is 5.02 Å². The van der Waals surface area contributed by atoms with E-state index in [0.29, 0.717) is 33.6 Å². The first-order valence-corrected chi connectivity index (χ1v) is 11.3. The molecule has 1 aromatic carbocycles. The molecule has 0 atom stereocenters. The molecule has 30 heavy (non-hydrogen) atoms. The normalized spacial score (nSPS) is 10.8.